The highest BCUT2D eigenvalue weighted by Crippen LogP contribution is 2.37. The predicted molar refractivity (Wildman–Crippen MR) is 136 cm³/mol. The second-order valence-corrected chi connectivity index (χ2v) is 10.5. The van der Waals surface area contributed by atoms with Crippen LogP contribution in [0.15, 0.2) is 36.7 Å². The van der Waals surface area contributed by atoms with Gasteiger partial charge in [-0.1, -0.05) is 17.7 Å². The van der Waals surface area contributed by atoms with Gasteiger partial charge in [-0.2, -0.15) is 4.98 Å². The molecular weight excluding hydrogens is 494 g/mol. The van der Waals surface area contributed by atoms with Gasteiger partial charge in [-0.25, -0.2) is 4.98 Å². The number of aromatic nitrogens is 5. The van der Waals surface area contributed by atoms with Crippen LogP contribution in [0.3, 0.4) is 0 Å². The number of nitrogens with one attached hydrogen (secondary N) is 1. The zero-order valence-corrected chi connectivity index (χ0v) is 21.0. The quantitative estimate of drug-likeness (QED) is 0.411. The van der Waals surface area contributed by atoms with E-state index in [1.165, 1.54) is 5.56 Å². The third-order valence-corrected chi connectivity index (χ3v) is 7.88. The van der Waals surface area contributed by atoms with Crippen molar-refractivity contribution in [2.75, 3.05) is 13.2 Å². The minimum atomic E-state index is -0.626. The number of ether oxygens (including phenoxy) is 3. The molecule has 0 bridgehead atoms. The van der Waals surface area contributed by atoms with Crippen LogP contribution in [-0.2, 0) is 22.3 Å². The molecule has 4 aromatic heterocycles. The Hall–Kier alpha value is -3.11. The third-order valence-electron chi connectivity index (χ3n) is 7.56. The van der Waals surface area contributed by atoms with Crippen LogP contribution in [0, 0.1) is 6.92 Å². The number of aliphatic hydroxyl groups excluding tert-OH is 1. The molecule has 9 nitrogen and oxygen atoms in total. The molecule has 0 spiro atoms. The highest BCUT2D eigenvalue weighted by atomic mass is 35.5. The third kappa shape index (κ3) is 4.16. The van der Waals surface area contributed by atoms with E-state index in [4.69, 9.17) is 35.8 Å². The van der Waals surface area contributed by atoms with E-state index in [-0.39, 0.29) is 30.8 Å². The van der Waals surface area contributed by atoms with Gasteiger partial charge in [0.15, 0.2) is 11.8 Å². The molecule has 0 amide bonds. The molecule has 0 aromatic carbocycles. The van der Waals surface area contributed by atoms with E-state index in [0.717, 1.165) is 41.1 Å². The second kappa shape index (κ2) is 9.02. The fourth-order valence-electron chi connectivity index (χ4n) is 5.60. The number of hydrogen-bond acceptors (Lipinski definition) is 8. The molecule has 10 heteroatoms. The first-order valence-electron chi connectivity index (χ1n) is 12.6. The minimum absolute atomic E-state index is 0.246. The van der Waals surface area contributed by atoms with Gasteiger partial charge in [0.05, 0.1) is 29.4 Å². The molecule has 5 atom stereocenters. The maximum atomic E-state index is 9.95. The summed E-state index contributed by atoms with van der Waals surface area (Å²) in [7, 11) is 0. The normalized spacial score (nSPS) is 26.5. The Morgan fingerprint density at radius 2 is 1.95 bits per heavy atom. The van der Waals surface area contributed by atoms with E-state index in [2.05, 4.69) is 27.1 Å². The van der Waals surface area contributed by atoms with Crippen molar-refractivity contribution in [2.24, 2.45) is 0 Å². The summed E-state index contributed by atoms with van der Waals surface area (Å²) in [4.78, 5) is 21.7. The van der Waals surface area contributed by atoms with Crippen LogP contribution >= 0.6 is 11.6 Å². The molecule has 190 valence electrons. The maximum Gasteiger partial charge on any atom is 0.296 e. The standard InChI is InChI=1S/C27H26ClN5O4/c1-13-2-3-16(9-29-13)17-6-14-4-5-15(23(14)30-10-17)7-19-18(28)8-20-26(31-19)33-27(32-20)37-22-12-36-24-21(34)11-35-25(22)24/h2-3,6,8-10,15,21-22,24-25,34H,4-5,7,11-12H2,1H3,(H,31,32,33)/t15?,21-,22-,24-,25-/m1/s1. The van der Waals surface area contributed by atoms with E-state index < -0.39 is 6.10 Å². The van der Waals surface area contributed by atoms with Gasteiger partial charge in [0.1, 0.15) is 18.3 Å². The van der Waals surface area contributed by atoms with Gasteiger partial charge in [0, 0.05) is 40.8 Å². The monoisotopic (exact) mass is 519 g/mol. The number of aromatic amines is 1. The highest BCUT2D eigenvalue weighted by molar-refractivity contribution is 6.31. The van der Waals surface area contributed by atoms with Gasteiger partial charge in [-0.3, -0.25) is 9.97 Å². The van der Waals surface area contributed by atoms with E-state index >= 15 is 0 Å². The van der Waals surface area contributed by atoms with Gasteiger partial charge in [-0.05, 0) is 49.9 Å². The minimum Gasteiger partial charge on any atom is -0.456 e. The topological polar surface area (TPSA) is 115 Å². The number of pyridine rings is 3. The molecule has 37 heavy (non-hydrogen) atoms. The number of imidazole rings is 1. The Morgan fingerprint density at radius 1 is 1.08 bits per heavy atom. The number of fused-ring (bicyclic) bond motifs is 3. The lowest BCUT2D eigenvalue weighted by molar-refractivity contribution is 0.00706. The number of aliphatic hydroxyl groups is 1. The van der Waals surface area contributed by atoms with Gasteiger partial charge in [0.25, 0.3) is 6.01 Å². The SMILES string of the molecule is Cc1ccc(-c2cnc3c(c2)CCC3Cc2nc3nc(O[C@@H]4CO[C@H]5[C@@H]4OC[C@H]5O)[nH]c3cc2Cl)cn1. The molecule has 2 N–H and O–H groups in total. The number of hydrogen-bond donors (Lipinski definition) is 2. The number of aryl methyl sites for hydroxylation is 2. The fourth-order valence-corrected chi connectivity index (χ4v) is 5.83. The van der Waals surface area contributed by atoms with Gasteiger partial charge in [0.2, 0.25) is 0 Å². The smallest absolute Gasteiger partial charge is 0.296 e. The van der Waals surface area contributed by atoms with E-state index in [1.54, 1.807) is 0 Å². The Morgan fingerprint density at radius 3 is 2.81 bits per heavy atom. The molecular formula is C27H26ClN5O4. The first-order valence-corrected chi connectivity index (χ1v) is 12.9. The maximum absolute atomic E-state index is 9.95. The van der Waals surface area contributed by atoms with Crippen molar-refractivity contribution in [1.82, 2.24) is 24.9 Å². The molecule has 0 radical (unpaired) electrons. The van der Waals surface area contributed by atoms with Crippen LogP contribution in [0.4, 0.5) is 0 Å². The van der Waals surface area contributed by atoms with Gasteiger partial charge >= 0.3 is 0 Å². The van der Waals surface area contributed by atoms with Crippen molar-refractivity contribution in [3.05, 3.63) is 64.3 Å². The van der Waals surface area contributed by atoms with Crippen LogP contribution in [-0.4, -0.2) is 67.7 Å². The first kappa shape index (κ1) is 23.0. The summed E-state index contributed by atoms with van der Waals surface area (Å²) in [5.74, 6) is 0.246. The predicted octanol–water partition coefficient (Wildman–Crippen LogP) is 3.56. The van der Waals surface area contributed by atoms with Crippen molar-refractivity contribution in [2.45, 2.75) is 56.5 Å². The first-order chi connectivity index (χ1) is 18.0. The van der Waals surface area contributed by atoms with Crippen LogP contribution < -0.4 is 4.74 Å². The van der Waals surface area contributed by atoms with Crippen molar-refractivity contribution >= 4 is 22.8 Å². The lowest BCUT2D eigenvalue weighted by atomic mass is 9.99. The number of halogens is 1. The van der Waals surface area contributed by atoms with E-state index in [1.807, 2.05) is 31.5 Å². The summed E-state index contributed by atoms with van der Waals surface area (Å²) in [6, 6.07) is 8.52. The zero-order chi connectivity index (χ0) is 25.1. The Balaban J connectivity index is 1.09. The lowest BCUT2D eigenvalue weighted by Gasteiger charge is -2.15. The summed E-state index contributed by atoms with van der Waals surface area (Å²) < 4.78 is 17.3. The molecule has 6 heterocycles. The van der Waals surface area contributed by atoms with E-state index in [9.17, 15) is 5.11 Å². The van der Waals surface area contributed by atoms with Crippen LogP contribution in [0.25, 0.3) is 22.3 Å². The molecule has 2 fully saturated rings. The largest absolute Gasteiger partial charge is 0.456 e. The van der Waals surface area contributed by atoms with Crippen LogP contribution in [0.2, 0.25) is 5.02 Å². The van der Waals surface area contributed by atoms with E-state index in [0.29, 0.717) is 35.2 Å². The number of H-pyrrole nitrogens is 1. The molecule has 1 unspecified atom stereocenters. The Kier molecular flexibility index (Phi) is 5.62. The number of nitrogens with zero attached hydrogens (tertiary/aromatic N) is 4. The van der Waals surface area contributed by atoms with Crippen LogP contribution in [0.5, 0.6) is 6.01 Å². The summed E-state index contributed by atoms with van der Waals surface area (Å²) in [5, 5.41) is 10.5. The molecule has 2 saturated heterocycles. The lowest BCUT2D eigenvalue weighted by Crippen LogP contribution is -2.34. The average molecular weight is 520 g/mol. The highest BCUT2D eigenvalue weighted by Gasteiger charge is 2.48. The number of rotatable bonds is 5. The van der Waals surface area contributed by atoms with Crippen molar-refractivity contribution in [1.29, 1.82) is 0 Å². The Bertz CT molecular complexity index is 1480. The summed E-state index contributed by atoms with van der Waals surface area (Å²) >= 11 is 6.65. The summed E-state index contributed by atoms with van der Waals surface area (Å²) in [6.07, 6.45) is 4.85. The van der Waals surface area contributed by atoms with Crippen molar-refractivity contribution in [3.63, 3.8) is 0 Å². The molecule has 2 aliphatic heterocycles. The fraction of sp³-hybridized carbons (Fsp3) is 0.407. The molecule has 1 aliphatic carbocycles. The summed E-state index contributed by atoms with van der Waals surface area (Å²) in [6.45, 7) is 2.57. The van der Waals surface area contributed by atoms with Crippen molar-refractivity contribution < 1.29 is 19.3 Å². The summed E-state index contributed by atoms with van der Waals surface area (Å²) in [5.41, 5.74) is 7.59. The van der Waals surface area contributed by atoms with Crippen molar-refractivity contribution in [3.8, 4) is 17.1 Å². The average Bonchev–Trinajstić information content (AvgIpc) is 3.66. The van der Waals surface area contributed by atoms with Gasteiger partial charge in [-0.15, -0.1) is 0 Å². The van der Waals surface area contributed by atoms with Gasteiger partial charge < -0.3 is 24.3 Å². The zero-order valence-electron chi connectivity index (χ0n) is 20.2. The molecule has 4 aromatic rings. The second-order valence-electron chi connectivity index (χ2n) is 10.0. The van der Waals surface area contributed by atoms with Crippen LogP contribution in [0.1, 0.15) is 35.0 Å². The molecule has 7 rings (SSSR count). The molecule has 3 aliphatic rings. The Labute approximate surface area is 218 Å². The molecule has 0 saturated carbocycles.